The Labute approximate surface area is 93.0 Å². The molecule has 1 fully saturated rings. The highest BCUT2D eigenvalue weighted by Crippen LogP contribution is 2.24. The molecular weight excluding hydrogens is 208 g/mol. The number of methoxy groups -OCH3 is 1. The van der Waals surface area contributed by atoms with Gasteiger partial charge >= 0.3 is 5.97 Å². The summed E-state index contributed by atoms with van der Waals surface area (Å²) >= 11 is 0. The molecule has 0 unspecified atom stereocenters. The molecule has 1 saturated heterocycles. The topological polar surface area (TPSA) is 59.5 Å². The van der Waals surface area contributed by atoms with Gasteiger partial charge in [0.15, 0.2) is 0 Å². The Morgan fingerprint density at radius 1 is 1.62 bits per heavy atom. The molecule has 1 amide bonds. The summed E-state index contributed by atoms with van der Waals surface area (Å²) in [5.74, 6) is -0.763. The van der Waals surface area contributed by atoms with Crippen LogP contribution >= 0.6 is 0 Å². The molecule has 84 valence electrons. The van der Waals surface area contributed by atoms with Crippen molar-refractivity contribution in [1.29, 1.82) is 0 Å². The molecule has 1 aromatic heterocycles. The Morgan fingerprint density at radius 3 is 3.06 bits per heavy atom. The Balaban J connectivity index is 2.14. The van der Waals surface area contributed by atoms with E-state index in [1.54, 1.807) is 29.4 Å². The van der Waals surface area contributed by atoms with E-state index in [0.29, 0.717) is 6.54 Å². The number of anilines is 1. The molecule has 2 heterocycles. The van der Waals surface area contributed by atoms with Gasteiger partial charge in [-0.3, -0.25) is 14.6 Å². The number of aromatic nitrogens is 1. The van der Waals surface area contributed by atoms with Crippen LogP contribution in [0.5, 0.6) is 0 Å². The smallest absolute Gasteiger partial charge is 0.311 e. The number of hydrogen-bond acceptors (Lipinski definition) is 4. The zero-order valence-corrected chi connectivity index (χ0v) is 8.92. The molecule has 1 aliphatic heterocycles. The van der Waals surface area contributed by atoms with Crippen molar-refractivity contribution in [3.05, 3.63) is 24.5 Å². The van der Waals surface area contributed by atoms with Crippen LogP contribution in [0, 0.1) is 5.92 Å². The molecule has 5 heteroatoms. The minimum Gasteiger partial charge on any atom is -0.469 e. The van der Waals surface area contributed by atoms with E-state index in [9.17, 15) is 9.59 Å². The normalized spacial score (nSPS) is 19.9. The lowest BCUT2D eigenvalue weighted by atomic mass is 10.1. The molecule has 0 spiro atoms. The standard InChI is InChI=1S/C11H12N2O3/c1-16-11(15)8-5-10(14)13(7-8)9-3-2-4-12-6-9/h2-4,6,8H,5,7H2,1H3/t8-/m1/s1. The minimum atomic E-state index is -0.363. The number of carbonyl (C=O) groups is 2. The third-order valence-corrected chi connectivity index (χ3v) is 2.62. The quantitative estimate of drug-likeness (QED) is 0.685. The first-order valence-corrected chi connectivity index (χ1v) is 5.00. The van der Waals surface area contributed by atoms with Crippen LogP contribution in [0.1, 0.15) is 6.42 Å². The first kappa shape index (κ1) is 10.6. The van der Waals surface area contributed by atoms with Gasteiger partial charge in [0.1, 0.15) is 0 Å². The van der Waals surface area contributed by atoms with Gasteiger partial charge in [0, 0.05) is 19.2 Å². The van der Waals surface area contributed by atoms with Gasteiger partial charge < -0.3 is 9.64 Å². The highest BCUT2D eigenvalue weighted by atomic mass is 16.5. The van der Waals surface area contributed by atoms with Gasteiger partial charge in [-0.2, -0.15) is 0 Å². The van der Waals surface area contributed by atoms with Crippen molar-refractivity contribution < 1.29 is 14.3 Å². The molecule has 0 N–H and O–H groups in total. The van der Waals surface area contributed by atoms with E-state index >= 15 is 0 Å². The Kier molecular flexibility index (Phi) is 2.85. The van der Waals surface area contributed by atoms with Crippen LogP contribution in [0.25, 0.3) is 0 Å². The fraction of sp³-hybridized carbons (Fsp3) is 0.364. The van der Waals surface area contributed by atoms with Crippen molar-refractivity contribution in [3.63, 3.8) is 0 Å². The van der Waals surface area contributed by atoms with E-state index in [-0.39, 0.29) is 24.2 Å². The summed E-state index contributed by atoms with van der Waals surface area (Å²) in [6, 6.07) is 3.55. The number of hydrogen-bond donors (Lipinski definition) is 0. The molecule has 0 aromatic carbocycles. The third-order valence-electron chi connectivity index (χ3n) is 2.62. The van der Waals surface area contributed by atoms with Gasteiger partial charge in [0.25, 0.3) is 0 Å². The van der Waals surface area contributed by atoms with Crippen molar-refractivity contribution in [1.82, 2.24) is 4.98 Å². The van der Waals surface area contributed by atoms with E-state index in [1.807, 2.05) is 0 Å². The second-order valence-electron chi connectivity index (χ2n) is 3.64. The predicted octanol–water partition coefficient (Wildman–Crippen LogP) is 0.608. The molecule has 0 radical (unpaired) electrons. The monoisotopic (exact) mass is 220 g/mol. The van der Waals surface area contributed by atoms with Gasteiger partial charge in [-0.1, -0.05) is 0 Å². The maximum atomic E-state index is 11.7. The lowest BCUT2D eigenvalue weighted by Gasteiger charge is -2.15. The average Bonchev–Trinajstić information content (AvgIpc) is 2.71. The van der Waals surface area contributed by atoms with Crippen LogP contribution in [0.2, 0.25) is 0 Å². The molecule has 0 bridgehead atoms. The predicted molar refractivity (Wildman–Crippen MR) is 56.7 cm³/mol. The van der Waals surface area contributed by atoms with Gasteiger partial charge in [-0.05, 0) is 12.1 Å². The second kappa shape index (κ2) is 4.30. The maximum absolute atomic E-state index is 11.7. The van der Waals surface area contributed by atoms with Crippen LogP contribution < -0.4 is 4.90 Å². The molecule has 0 saturated carbocycles. The van der Waals surface area contributed by atoms with E-state index in [4.69, 9.17) is 0 Å². The van der Waals surface area contributed by atoms with Crippen LogP contribution in [0.3, 0.4) is 0 Å². The summed E-state index contributed by atoms with van der Waals surface area (Å²) in [6.07, 6.45) is 3.46. The second-order valence-corrected chi connectivity index (χ2v) is 3.64. The molecule has 5 nitrogen and oxygen atoms in total. The van der Waals surface area contributed by atoms with Crippen molar-refractivity contribution in [2.45, 2.75) is 6.42 Å². The lowest BCUT2D eigenvalue weighted by molar-refractivity contribution is -0.145. The SMILES string of the molecule is COC(=O)[C@@H]1CC(=O)N(c2cccnc2)C1. The van der Waals surface area contributed by atoms with E-state index in [0.717, 1.165) is 5.69 Å². The number of esters is 1. The fourth-order valence-corrected chi connectivity index (χ4v) is 1.80. The zero-order chi connectivity index (χ0) is 11.5. The van der Waals surface area contributed by atoms with Crippen LogP contribution in [0.15, 0.2) is 24.5 Å². The van der Waals surface area contributed by atoms with Crippen molar-refractivity contribution in [3.8, 4) is 0 Å². The van der Waals surface area contributed by atoms with Gasteiger partial charge in [0.05, 0.1) is 24.9 Å². The Hall–Kier alpha value is -1.91. The number of carbonyl (C=O) groups excluding carboxylic acids is 2. The Morgan fingerprint density at radius 2 is 2.44 bits per heavy atom. The summed E-state index contributed by atoms with van der Waals surface area (Å²) in [5, 5.41) is 0. The third kappa shape index (κ3) is 1.88. The highest BCUT2D eigenvalue weighted by molar-refractivity contribution is 5.99. The van der Waals surface area contributed by atoms with Gasteiger partial charge in [-0.15, -0.1) is 0 Å². The van der Waals surface area contributed by atoms with Crippen LogP contribution in [-0.2, 0) is 14.3 Å². The number of amides is 1. The Bertz CT molecular complexity index is 405. The summed E-state index contributed by atoms with van der Waals surface area (Å²) < 4.78 is 4.63. The van der Waals surface area contributed by atoms with Gasteiger partial charge in [0.2, 0.25) is 5.91 Å². The van der Waals surface area contributed by atoms with Crippen LogP contribution in [0.4, 0.5) is 5.69 Å². The minimum absolute atomic E-state index is 0.0663. The molecule has 16 heavy (non-hydrogen) atoms. The van der Waals surface area contributed by atoms with Crippen molar-refractivity contribution >= 4 is 17.6 Å². The van der Waals surface area contributed by atoms with Crippen molar-refractivity contribution in [2.75, 3.05) is 18.6 Å². The van der Waals surface area contributed by atoms with E-state index in [1.165, 1.54) is 7.11 Å². The molecule has 1 atom stereocenters. The molecular formula is C11H12N2O3. The number of nitrogens with zero attached hydrogens (tertiary/aromatic N) is 2. The summed E-state index contributed by atoms with van der Waals surface area (Å²) in [4.78, 5) is 28.5. The number of ether oxygens (including phenoxy) is 1. The number of rotatable bonds is 2. The van der Waals surface area contributed by atoms with Crippen LogP contribution in [-0.4, -0.2) is 30.5 Å². The molecule has 1 aromatic rings. The fourth-order valence-electron chi connectivity index (χ4n) is 1.80. The first-order valence-electron chi connectivity index (χ1n) is 5.00. The molecule has 1 aliphatic rings. The zero-order valence-electron chi connectivity index (χ0n) is 8.92. The van der Waals surface area contributed by atoms with Gasteiger partial charge in [-0.25, -0.2) is 0 Å². The average molecular weight is 220 g/mol. The lowest BCUT2D eigenvalue weighted by Crippen LogP contribution is -2.26. The largest absolute Gasteiger partial charge is 0.469 e. The summed E-state index contributed by atoms with van der Waals surface area (Å²) in [5.41, 5.74) is 0.721. The maximum Gasteiger partial charge on any atom is 0.311 e. The van der Waals surface area contributed by atoms with E-state index < -0.39 is 0 Å². The van der Waals surface area contributed by atoms with E-state index in [2.05, 4.69) is 9.72 Å². The highest BCUT2D eigenvalue weighted by Gasteiger charge is 2.35. The summed E-state index contributed by atoms with van der Waals surface area (Å²) in [6.45, 7) is 0.372. The number of pyridine rings is 1. The molecule has 2 rings (SSSR count). The van der Waals surface area contributed by atoms with Crippen molar-refractivity contribution in [2.24, 2.45) is 5.92 Å². The first-order chi connectivity index (χ1) is 7.72. The molecule has 0 aliphatic carbocycles. The summed E-state index contributed by atoms with van der Waals surface area (Å²) in [7, 11) is 1.33.